The Bertz CT molecular complexity index is 2180. The summed E-state index contributed by atoms with van der Waals surface area (Å²) in [6.45, 7) is -3.43. The number of carbonyl (C=O) groups excluding carboxylic acids is 6. The van der Waals surface area contributed by atoms with Gasteiger partial charge in [-0.05, 0) is 0 Å². The molecule has 32 nitrogen and oxygen atoms in total. The first-order valence-corrected chi connectivity index (χ1v) is 19.6. The summed E-state index contributed by atoms with van der Waals surface area (Å²) >= 11 is 1.82. The van der Waals surface area contributed by atoms with E-state index in [9.17, 15) is 64.3 Å². The molecule has 2 saturated heterocycles. The first-order chi connectivity index (χ1) is 27.8. The molecule has 0 saturated carbocycles. The van der Waals surface area contributed by atoms with Crippen LogP contribution < -0.4 is 92.7 Å². The Morgan fingerprint density at radius 2 is 1.03 bits per heavy atom. The van der Waals surface area contributed by atoms with E-state index >= 15 is 0 Å². The summed E-state index contributed by atoms with van der Waals surface area (Å²) < 4.78 is 75.9. The van der Waals surface area contributed by atoms with E-state index in [2.05, 4.69) is 50.1 Å². The van der Waals surface area contributed by atoms with Gasteiger partial charge in [-0.3, -0.25) is 19.2 Å². The van der Waals surface area contributed by atoms with E-state index in [0.29, 0.717) is 0 Å². The average molecular weight is 977 g/mol. The molecular formula is C24H26N12Na2O20S4. The molecule has 0 aromatic carbocycles. The van der Waals surface area contributed by atoms with Crippen LogP contribution in [0.15, 0.2) is 21.1 Å². The third kappa shape index (κ3) is 15.1. The maximum Gasteiger partial charge on any atom is 1.00 e. The maximum absolute atomic E-state index is 12.5. The van der Waals surface area contributed by atoms with Crippen LogP contribution in [0.1, 0.15) is 11.4 Å². The number of nitrogens with zero attached hydrogens (tertiary/aromatic N) is 6. The molecule has 4 rings (SSSR count). The second kappa shape index (κ2) is 23.4. The van der Waals surface area contributed by atoms with Gasteiger partial charge >= 0.3 is 83.2 Å². The van der Waals surface area contributed by atoms with E-state index in [1.165, 1.54) is 10.8 Å². The van der Waals surface area contributed by atoms with Crippen molar-refractivity contribution in [3.8, 4) is 0 Å². The summed E-state index contributed by atoms with van der Waals surface area (Å²) in [6, 6.07) is -6.36. The van der Waals surface area contributed by atoms with Crippen molar-refractivity contribution in [1.29, 1.82) is 0 Å². The van der Waals surface area contributed by atoms with Gasteiger partial charge in [-0.2, -0.15) is 0 Å². The summed E-state index contributed by atoms with van der Waals surface area (Å²) in [5.74, 6) is -7.69. The minimum atomic E-state index is -5.27. The fourth-order valence-electron chi connectivity index (χ4n) is 4.49. The quantitative estimate of drug-likeness (QED) is 0.0226. The van der Waals surface area contributed by atoms with E-state index in [1.807, 2.05) is 0 Å². The fourth-order valence-corrected chi connectivity index (χ4v) is 7.28. The third-order valence-electron chi connectivity index (χ3n) is 6.83. The van der Waals surface area contributed by atoms with E-state index in [-0.39, 0.29) is 89.4 Å². The third-order valence-corrected chi connectivity index (χ3v) is 10.0. The van der Waals surface area contributed by atoms with E-state index < -0.39 is 130 Å². The van der Waals surface area contributed by atoms with Crippen LogP contribution in [-0.2, 0) is 68.5 Å². The standard InChI is InChI=1S/2C12H14N6O10S2.2Na/c2*13-11-15-4(3-29-11)7(17-28-2-6(19)20)9(21)16-8-5(1-27-12(14)23)18(10(8)22)30(24,25)26;;/h2*3,5,8H,1-2H2,(H2,13,15)(H2,14,23)(H,16,21)(H,19,20)(H,24,25,26);;/q;;2*+1/p-2/b2*17-7+;;/t2*5-,8+;;/m11../s1. The average Bonchev–Trinajstić information content (AvgIpc) is 3.75. The number of hydrogen-bond donors (Lipinski definition) is 8. The number of aliphatic carboxylic acids is 2. The molecule has 2 fully saturated rings. The number of thiazole rings is 2. The predicted molar refractivity (Wildman–Crippen MR) is 189 cm³/mol. The second-order valence-electron chi connectivity index (χ2n) is 10.8. The molecule has 2 aliphatic heterocycles. The molecule has 2 aromatic heterocycles. The van der Waals surface area contributed by atoms with Crippen LogP contribution in [0.25, 0.3) is 0 Å². The Kier molecular flexibility index (Phi) is 20.8. The number of nitrogen functional groups attached to an aromatic ring is 2. The smallest absolute Gasteiger partial charge is 0.731 e. The van der Waals surface area contributed by atoms with Gasteiger partial charge in [0.15, 0.2) is 42.3 Å². The number of nitrogens with one attached hydrogen (secondary N) is 2. The molecule has 2 aromatic rings. The molecule has 4 heterocycles. The SMILES string of the molecule is NC(=O)OC[C@@H]1[C@H](NC(=O)/C(=N/OCC(=O)O)c2csc(N)n2)C(=O)N1S(=O)(=O)[O-].NC(=O)OC[C@@H]1[C@H](NC(=O)/C(=N/OCC(=O)O)c2csc(N)n2)C(=O)N1S(=O)(=O)[O-].[Na+].[Na+]. The fraction of sp³-hybridized carbons (Fsp3) is 0.333. The van der Waals surface area contributed by atoms with Gasteiger partial charge in [0.1, 0.15) is 48.8 Å². The van der Waals surface area contributed by atoms with Gasteiger partial charge in [0, 0.05) is 10.8 Å². The van der Waals surface area contributed by atoms with Crippen molar-refractivity contribution in [2.24, 2.45) is 21.8 Å². The molecule has 0 bridgehead atoms. The Morgan fingerprint density at radius 1 is 0.710 bits per heavy atom. The summed E-state index contributed by atoms with van der Waals surface area (Å²) in [6.07, 6.45) is -2.63. The molecule has 4 atom stereocenters. The Labute approximate surface area is 397 Å². The van der Waals surface area contributed by atoms with Gasteiger partial charge < -0.3 is 72.0 Å². The Balaban J connectivity index is 0.000000601. The van der Waals surface area contributed by atoms with Crippen molar-refractivity contribution in [1.82, 2.24) is 29.2 Å². The Morgan fingerprint density at radius 3 is 1.27 bits per heavy atom. The number of hydrogen-bond acceptors (Lipinski definition) is 26. The maximum atomic E-state index is 12.5. The van der Waals surface area contributed by atoms with Crippen LogP contribution in [0.4, 0.5) is 19.9 Å². The Hall–Kier alpha value is -5.02. The van der Waals surface area contributed by atoms with Gasteiger partial charge in [0.05, 0.1) is 0 Å². The number of anilines is 2. The van der Waals surface area contributed by atoms with Crippen LogP contribution in [0.5, 0.6) is 0 Å². The van der Waals surface area contributed by atoms with Crippen molar-refractivity contribution in [3.05, 3.63) is 22.1 Å². The molecule has 0 aliphatic carbocycles. The zero-order valence-electron chi connectivity index (χ0n) is 31.2. The summed E-state index contributed by atoms with van der Waals surface area (Å²) in [5.41, 5.74) is 19.1. The van der Waals surface area contributed by atoms with E-state index in [4.69, 9.17) is 33.1 Å². The van der Waals surface area contributed by atoms with Crippen molar-refractivity contribution in [2.75, 3.05) is 37.9 Å². The first-order valence-electron chi connectivity index (χ1n) is 15.1. The number of carboxylic acid groups (broad SMARTS) is 2. The molecule has 328 valence electrons. The number of ether oxygens (including phenoxy) is 2. The van der Waals surface area contributed by atoms with Crippen LogP contribution in [0.3, 0.4) is 0 Å². The van der Waals surface area contributed by atoms with E-state index in [1.54, 1.807) is 0 Å². The van der Waals surface area contributed by atoms with Crippen LogP contribution >= 0.6 is 22.7 Å². The zero-order chi connectivity index (χ0) is 45.3. The summed E-state index contributed by atoms with van der Waals surface area (Å²) in [7, 11) is -10.5. The zero-order valence-corrected chi connectivity index (χ0v) is 38.4. The number of amides is 6. The first kappa shape index (κ1) is 55.0. The topological polar surface area (TPSA) is 513 Å². The number of β-lactam (4-membered cyclic amide) rings is 2. The summed E-state index contributed by atoms with van der Waals surface area (Å²) in [5, 5.41) is 30.7. The van der Waals surface area contributed by atoms with Gasteiger partial charge in [-0.1, -0.05) is 10.3 Å². The molecule has 6 amide bonds. The molecule has 62 heavy (non-hydrogen) atoms. The molecule has 0 radical (unpaired) electrons. The van der Waals surface area contributed by atoms with Gasteiger partial charge in [0.2, 0.25) is 13.2 Å². The molecule has 0 unspecified atom stereocenters. The number of aromatic nitrogens is 2. The number of primary amides is 2. The molecular weight excluding hydrogens is 951 g/mol. The number of carboxylic acids is 2. The molecule has 12 N–H and O–H groups in total. The van der Waals surface area contributed by atoms with Crippen LogP contribution in [0, 0.1) is 0 Å². The molecule has 2 aliphatic rings. The molecule has 38 heteroatoms. The number of nitrogens with two attached hydrogens (primary N) is 4. The van der Waals surface area contributed by atoms with Crippen molar-refractivity contribution in [3.63, 3.8) is 0 Å². The number of rotatable bonds is 18. The van der Waals surface area contributed by atoms with Crippen molar-refractivity contribution >= 4 is 113 Å². The van der Waals surface area contributed by atoms with Gasteiger partial charge in [0.25, 0.3) is 23.6 Å². The van der Waals surface area contributed by atoms with Crippen molar-refractivity contribution < 1.29 is 153 Å². The van der Waals surface area contributed by atoms with Crippen LogP contribution in [-0.4, -0.2) is 165 Å². The van der Waals surface area contributed by atoms with E-state index in [0.717, 1.165) is 22.7 Å². The predicted octanol–water partition coefficient (Wildman–Crippen LogP) is -12.4. The molecule has 0 spiro atoms. The normalized spacial score (nSPS) is 18.4. The van der Waals surface area contributed by atoms with Gasteiger partial charge in [-0.15, -0.1) is 22.7 Å². The minimum Gasteiger partial charge on any atom is -0.731 e. The number of oxime groups is 2. The second-order valence-corrected chi connectivity index (χ2v) is 15.1. The monoisotopic (exact) mass is 976 g/mol. The largest absolute Gasteiger partial charge is 1.00 e. The van der Waals surface area contributed by atoms with Crippen molar-refractivity contribution in [2.45, 2.75) is 24.2 Å². The van der Waals surface area contributed by atoms with Gasteiger partial charge in [-0.25, -0.2) is 54.6 Å². The summed E-state index contributed by atoms with van der Waals surface area (Å²) in [4.78, 5) is 108. The minimum absolute atomic E-state index is 0. The van der Waals surface area contributed by atoms with Crippen LogP contribution in [0.2, 0.25) is 0 Å². The number of carbonyl (C=O) groups is 8.